The Morgan fingerprint density at radius 3 is 1.44 bits per heavy atom. The van der Waals surface area contributed by atoms with Crippen LogP contribution in [0.1, 0.15) is 89.2 Å². The number of hydrogen-bond acceptors (Lipinski definition) is 0. The summed E-state index contributed by atoms with van der Waals surface area (Å²) in [6, 6.07) is 17.6. The number of hydrogen-bond donors (Lipinski definition) is 0. The van der Waals surface area contributed by atoms with Crippen LogP contribution in [-0.4, -0.2) is 0 Å². The molecule has 150 valence electrons. The number of rotatable bonds is 12. The first-order valence-electron chi connectivity index (χ1n) is 11.0. The zero-order valence-corrected chi connectivity index (χ0v) is 17.6. The molecule has 0 saturated heterocycles. The molecule has 2 aromatic carbocycles. The van der Waals surface area contributed by atoms with Crippen molar-refractivity contribution in [3.63, 3.8) is 0 Å². The van der Waals surface area contributed by atoms with Crippen molar-refractivity contribution in [2.45, 2.75) is 90.9 Å². The molecule has 27 heavy (non-hydrogen) atoms. The summed E-state index contributed by atoms with van der Waals surface area (Å²) in [5, 5.41) is 0. The minimum atomic E-state index is -0.139. The molecule has 0 nitrogen and oxygen atoms in total. The maximum atomic E-state index is 12.6. The predicted octanol–water partition coefficient (Wildman–Crippen LogP) is 8.54. The molecular weight excluding hydrogens is 331 g/mol. The van der Waals surface area contributed by atoms with Gasteiger partial charge < -0.3 is 0 Å². The molecule has 0 radical (unpaired) electrons. The van der Waals surface area contributed by atoms with Gasteiger partial charge in [0.1, 0.15) is 5.82 Å². The van der Waals surface area contributed by atoms with Crippen molar-refractivity contribution in [2.75, 3.05) is 0 Å². The van der Waals surface area contributed by atoms with Crippen molar-refractivity contribution in [2.24, 2.45) is 0 Å². The maximum absolute atomic E-state index is 12.6. The average Bonchev–Trinajstić information content (AvgIpc) is 2.70. The standard InChI is InChI=1S/C13H19F.C13H20/c1-2-3-4-5-6-7-12-8-10-13(14)11-9-12;1-2-3-4-5-7-10-13-11-8-6-9-12-13/h8-11H,2-7H2,1H3;6,8-9,11-12H,2-5,7,10H2,1H3. The highest BCUT2D eigenvalue weighted by Gasteiger charge is 1.94. The van der Waals surface area contributed by atoms with Gasteiger partial charge in [0.05, 0.1) is 0 Å². The van der Waals surface area contributed by atoms with Gasteiger partial charge >= 0.3 is 0 Å². The van der Waals surface area contributed by atoms with Crippen LogP contribution in [0, 0.1) is 5.82 Å². The van der Waals surface area contributed by atoms with Gasteiger partial charge in [-0.2, -0.15) is 0 Å². The lowest BCUT2D eigenvalue weighted by molar-refractivity contribution is 0.621. The van der Waals surface area contributed by atoms with Gasteiger partial charge in [0.15, 0.2) is 0 Å². The molecule has 0 aliphatic carbocycles. The van der Waals surface area contributed by atoms with Crippen molar-refractivity contribution >= 4 is 0 Å². The van der Waals surface area contributed by atoms with E-state index in [0.29, 0.717) is 0 Å². The lowest BCUT2D eigenvalue weighted by Gasteiger charge is -2.01. The summed E-state index contributed by atoms with van der Waals surface area (Å²) in [6.07, 6.45) is 15.7. The number of aryl methyl sites for hydroxylation is 2. The fourth-order valence-corrected chi connectivity index (χ4v) is 3.16. The first-order chi connectivity index (χ1) is 13.3. The van der Waals surface area contributed by atoms with Crippen molar-refractivity contribution in [1.29, 1.82) is 0 Å². The highest BCUT2D eigenvalue weighted by Crippen LogP contribution is 2.10. The Morgan fingerprint density at radius 2 is 0.963 bits per heavy atom. The monoisotopic (exact) mass is 370 g/mol. The van der Waals surface area contributed by atoms with Crippen LogP contribution >= 0.6 is 0 Å². The number of halogens is 1. The summed E-state index contributed by atoms with van der Waals surface area (Å²) in [6.45, 7) is 4.48. The SMILES string of the molecule is CCCCCCCc1ccc(F)cc1.CCCCCCCc1ccccc1. The van der Waals surface area contributed by atoms with E-state index in [2.05, 4.69) is 44.2 Å². The van der Waals surface area contributed by atoms with Gasteiger partial charge in [-0.3, -0.25) is 0 Å². The Morgan fingerprint density at radius 1 is 0.519 bits per heavy atom. The summed E-state index contributed by atoms with van der Waals surface area (Å²) in [5.74, 6) is -0.139. The molecule has 1 heteroatoms. The Labute approximate surface area is 167 Å². The smallest absolute Gasteiger partial charge is 0.123 e. The molecule has 0 amide bonds. The van der Waals surface area contributed by atoms with E-state index in [0.717, 1.165) is 6.42 Å². The highest BCUT2D eigenvalue weighted by atomic mass is 19.1. The molecule has 0 bridgehead atoms. The van der Waals surface area contributed by atoms with Crippen LogP contribution < -0.4 is 0 Å². The van der Waals surface area contributed by atoms with Gasteiger partial charge in [0.25, 0.3) is 0 Å². The molecule has 0 aliphatic rings. The van der Waals surface area contributed by atoms with Gasteiger partial charge in [-0.05, 0) is 48.9 Å². The molecule has 0 aromatic heterocycles. The molecule has 0 saturated carbocycles. The van der Waals surface area contributed by atoms with E-state index >= 15 is 0 Å². The van der Waals surface area contributed by atoms with E-state index in [1.54, 1.807) is 12.1 Å². The summed E-state index contributed by atoms with van der Waals surface area (Å²) in [5.41, 5.74) is 2.74. The third-order valence-electron chi connectivity index (χ3n) is 4.89. The summed E-state index contributed by atoms with van der Waals surface area (Å²) < 4.78 is 12.6. The Kier molecular flexibility index (Phi) is 14.3. The van der Waals surface area contributed by atoms with Crippen molar-refractivity contribution in [1.82, 2.24) is 0 Å². The minimum absolute atomic E-state index is 0.139. The molecule has 0 N–H and O–H groups in total. The molecule has 2 rings (SSSR count). The van der Waals surface area contributed by atoms with E-state index in [4.69, 9.17) is 0 Å². The summed E-state index contributed by atoms with van der Waals surface area (Å²) in [7, 11) is 0. The van der Waals surface area contributed by atoms with Gasteiger partial charge in [-0.15, -0.1) is 0 Å². The van der Waals surface area contributed by atoms with Crippen LogP contribution in [0.4, 0.5) is 4.39 Å². The van der Waals surface area contributed by atoms with E-state index < -0.39 is 0 Å². The van der Waals surface area contributed by atoms with E-state index in [-0.39, 0.29) is 5.82 Å². The second-order valence-corrected chi connectivity index (χ2v) is 7.44. The van der Waals surface area contributed by atoms with E-state index in [1.165, 1.54) is 81.8 Å². The first kappa shape index (κ1) is 23.4. The van der Waals surface area contributed by atoms with Crippen LogP contribution in [0.2, 0.25) is 0 Å². The highest BCUT2D eigenvalue weighted by molar-refractivity contribution is 5.16. The van der Waals surface area contributed by atoms with Crippen LogP contribution in [0.3, 0.4) is 0 Å². The Balaban J connectivity index is 0.000000271. The summed E-state index contributed by atoms with van der Waals surface area (Å²) in [4.78, 5) is 0. The van der Waals surface area contributed by atoms with E-state index in [1.807, 2.05) is 12.1 Å². The average molecular weight is 371 g/mol. The van der Waals surface area contributed by atoms with Crippen molar-refractivity contribution in [3.8, 4) is 0 Å². The lowest BCUT2D eigenvalue weighted by atomic mass is 10.1. The fourth-order valence-electron chi connectivity index (χ4n) is 3.16. The largest absolute Gasteiger partial charge is 0.207 e. The third-order valence-corrected chi connectivity index (χ3v) is 4.89. The molecule has 0 aliphatic heterocycles. The van der Waals surface area contributed by atoms with Gasteiger partial charge in [0, 0.05) is 0 Å². The lowest BCUT2D eigenvalue weighted by Crippen LogP contribution is -1.86. The van der Waals surface area contributed by atoms with Crippen molar-refractivity contribution < 1.29 is 4.39 Å². The van der Waals surface area contributed by atoms with Gasteiger partial charge in [-0.1, -0.05) is 108 Å². The number of benzene rings is 2. The fraction of sp³-hybridized carbons (Fsp3) is 0.538. The maximum Gasteiger partial charge on any atom is 0.123 e. The Bertz CT molecular complexity index is 544. The van der Waals surface area contributed by atoms with Gasteiger partial charge in [-0.25, -0.2) is 4.39 Å². The quantitative estimate of drug-likeness (QED) is 0.328. The second kappa shape index (κ2) is 16.5. The zero-order valence-electron chi connectivity index (χ0n) is 17.6. The normalized spacial score (nSPS) is 10.3. The van der Waals surface area contributed by atoms with Gasteiger partial charge in [0.2, 0.25) is 0 Å². The topological polar surface area (TPSA) is 0 Å². The van der Waals surface area contributed by atoms with Crippen molar-refractivity contribution in [3.05, 3.63) is 71.5 Å². The zero-order chi connectivity index (χ0) is 19.6. The molecule has 0 fully saturated rings. The molecule has 0 unspecified atom stereocenters. The Hall–Kier alpha value is -1.63. The molecule has 2 aromatic rings. The molecule has 0 spiro atoms. The van der Waals surface area contributed by atoms with Crippen LogP contribution in [-0.2, 0) is 12.8 Å². The first-order valence-corrected chi connectivity index (χ1v) is 11.0. The molecule has 0 atom stereocenters. The van der Waals surface area contributed by atoms with E-state index in [9.17, 15) is 4.39 Å². The number of unbranched alkanes of at least 4 members (excludes halogenated alkanes) is 8. The minimum Gasteiger partial charge on any atom is -0.207 e. The molecule has 0 heterocycles. The molecular formula is C26H39F. The van der Waals surface area contributed by atoms with Crippen LogP contribution in [0.25, 0.3) is 0 Å². The second-order valence-electron chi connectivity index (χ2n) is 7.44. The predicted molar refractivity (Wildman–Crippen MR) is 118 cm³/mol. The third kappa shape index (κ3) is 13.2. The van der Waals surface area contributed by atoms with Crippen LogP contribution in [0.5, 0.6) is 0 Å². The van der Waals surface area contributed by atoms with Crippen LogP contribution in [0.15, 0.2) is 54.6 Å². The summed E-state index contributed by atoms with van der Waals surface area (Å²) >= 11 is 0.